The monoisotopic (exact) mass is 395 g/mol. The van der Waals surface area contributed by atoms with E-state index in [-0.39, 0.29) is 18.1 Å². The Labute approximate surface area is 166 Å². The van der Waals surface area contributed by atoms with Gasteiger partial charge in [0, 0.05) is 16.2 Å². The molecule has 0 spiro atoms. The first kappa shape index (κ1) is 19.8. The molecule has 6 heteroatoms. The summed E-state index contributed by atoms with van der Waals surface area (Å²) in [5.41, 5.74) is 0.455. The number of nitrogens with one attached hydrogen (secondary N) is 1. The average Bonchev–Trinajstić information content (AvgIpc) is 2.75. The number of benzene rings is 3. The van der Waals surface area contributed by atoms with Crippen molar-refractivity contribution in [2.75, 3.05) is 12.9 Å². The van der Waals surface area contributed by atoms with Crippen LogP contribution in [-0.2, 0) is 20.3 Å². The van der Waals surface area contributed by atoms with Gasteiger partial charge in [-0.05, 0) is 41.5 Å². The van der Waals surface area contributed by atoms with E-state index in [2.05, 4.69) is 5.32 Å². The summed E-state index contributed by atoms with van der Waals surface area (Å²) in [4.78, 5) is 25.4. The van der Waals surface area contributed by atoms with Crippen molar-refractivity contribution < 1.29 is 18.5 Å². The van der Waals surface area contributed by atoms with Crippen molar-refractivity contribution in [3.05, 3.63) is 78.4 Å². The number of hydrogen-bond donors (Lipinski definition) is 1. The van der Waals surface area contributed by atoms with Gasteiger partial charge in [0.15, 0.2) is 0 Å². The summed E-state index contributed by atoms with van der Waals surface area (Å²) >= 11 is 0. The van der Waals surface area contributed by atoms with Crippen molar-refractivity contribution >= 4 is 33.4 Å². The lowest BCUT2D eigenvalue weighted by Crippen LogP contribution is -2.42. The van der Waals surface area contributed by atoms with Crippen LogP contribution in [-0.4, -0.2) is 35.0 Å². The molecule has 2 atom stereocenters. The normalized spacial score (nSPS) is 12.9. The molecule has 3 aromatic carbocycles. The molecule has 0 bridgehead atoms. The van der Waals surface area contributed by atoms with E-state index in [1.807, 2.05) is 48.5 Å². The lowest BCUT2D eigenvalue weighted by Gasteiger charge is -2.16. The zero-order valence-corrected chi connectivity index (χ0v) is 16.3. The van der Waals surface area contributed by atoms with Crippen LogP contribution >= 0.6 is 0 Å². The number of fused-ring (bicyclic) bond motifs is 1. The fraction of sp³-hybridized carbons (Fsp3) is 0.182. The molecule has 0 saturated carbocycles. The zero-order valence-electron chi connectivity index (χ0n) is 15.5. The largest absolute Gasteiger partial charge is 0.467 e. The molecule has 0 fully saturated rings. The number of amides is 1. The van der Waals surface area contributed by atoms with Crippen molar-refractivity contribution in [3.63, 3.8) is 0 Å². The predicted octanol–water partition coefficient (Wildman–Crippen LogP) is 3.31. The van der Waals surface area contributed by atoms with E-state index < -0.39 is 22.8 Å². The van der Waals surface area contributed by atoms with Crippen molar-refractivity contribution in [1.82, 2.24) is 5.32 Å². The van der Waals surface area contributed by atoms with Crippen LogP contribution in [0.3, 0.4) is 0 Å². The van der Waals surface area contributed by atoms with E-state index in [1.54, 1.807) is 24.3 Å². The van der Waals surface area contributed by atoms with Crippen molar-refractivity contribution in [2.45, 2.75) is 17.4 Å². The number of esters is 1. The molecular weight excluding hydrogens is 374 g/mol. The van der Waals surface area contributed by atoms with Crippen LogP contribution in [0, 0.1) is 0 Å². The molecule has 5 nitrogen and oxygen atoms in total. The highest BCUT2D eigenvalue weighted by Crippen LogP contribution is 2.16. The van der Waals surface area contributed by atoms with Crippen molar-refractivity contribution in [1.29, 1.82) is 0 Å². The molecule has 0 aliphatic rings. The van der Waals surface area contributed by atoms with Gasteiger partial charge in [-0.25, -0.2) is 4.79 Å². The van der Waals surface area contributed by atoms with Gasteiger partial charge in [0.1, 0.15) is 6.04 Å². The highest BCUT2D eigenvalue weighted by Gasteiger charge is 2.23. The van der Waals surface area contributed by atoms with Crippen LogP contribution in [0.2, 0.25) is 0 Å². The van der Waals surface area contributed by atoms with E-state index in [0.29, 0.717) is 10.5 Å². The number of methoxy groups -OCH3 is 1. The van der Waals surface area contributed by atoms with E-state index in [0.717, 1.165) is 10.8 Å². The lowest BCUT2D eigenvalue weighted by atomic mass is 10.1. The van der Waals surface area contributed by atoms with Crippen LogP contribution in [0.25, 0.3) is 10.8 Å². The number of rotatable bonds is 7. The number of ether oxygens (including phenoxy) is 1. The SMILES string of the molecule is COC(=O)[C@@H](CC[S@@](=O)c1ccccc1)NC(=O)c1ccc2ccccc2c1. The van der Waals surface area contributed by atoms with E-state index in [9.17, 15) is 13.8 Å². The Morgan fingerprint density at radius 3 is 2.36 bits per heavy atom. The first-order valence-electron chi connectivity index (χ1n) is 8.89. The molecule has 0 heterocycles. The van der Waals surface area contributed by atoms with Gasteiger partial charge >= 0.3 is 5.97 Å². The van der Waals surface area contributed by atoms with E-state index in [1.165, 1.54) is 7.11 Å². The molecule has 0 saturated heterocycles. The van der Waals surface area contributed by atoms with Gasteiger partial charge in [-0.2, -0.15) is 0 Å². The smallest absolute Gasteiger partial charge is 0.328 e. The Hall–Kier alpha value is -2.99. The van der Waals surface area contributed by atoms with Crippen LogP contribution in [0.1, 0.15) is 16.8 Å². The summed E-state index contributed by atoms with van der Waals surface area (Å²) in [6.45, 7) is 0. The van der Waals surface area contributed by atoms with Crippen LogP contribution in [0.5, 0.6) is 0 Å². The number of hydrogen-bond acceptors (Lipinski definition) is 4. The second kappa shape index (κ2) is 9.28. The topological polar surface area (TPSA) is 72.5 Å². The molecule has 0 aliphatic carbocycles. The second-order valence-electron chi connectivity index (χ2n) is 6.26. The van der Waals surface area contributed by atoms with Crippen molar-refractivity contribution in [3.8, 4) is 0 Å². The molecule has 144 valence electrons. The third-order valence-electron chi connectivity index (χ3n) is 4.40. The molecule has 1 amide bonds. The molecule has 0 unspecified atom stereocenters. The second-order valence-corrected chi connectivity index (χ2v) is 7.83. The molecule has 0 aromatic heterocycles. The Bertz CT molecular complexity index is 1000. The predicted molar refractivity (Wildman–Crippen MR) is 110 cm³/mol. The summed E-state index contributed by atoms with van der Waals surface area (Å²) < 4.78 is 17.2. The van der Waals surface area contributed by atoms with Crippen molar-refractivity contribution in [2.24, 2.45) is 0 Å². The highest BCUT2D eigenvalue weighted by atomic mass is 32.2. The summed E-state index contributed by atoms with van der Waals surface area (Å²) in [5, 5.41) is 4.68. The average molecular weight is 395 g/mol. The van der Waals surface area contributed by atoms with Gasteiger partial charge in [0.05, 0.1) is 17.9 Å². The van der Waals surface area contributed by atoms with Crippen LogP contribution in [0.4, 0.5) is 0 Å². The Balaban J connectivity index is 1.69. The Kier molecular flexibility index (Phi) is 6.55. The number of carbonyl (C=O) groups is 2. The quantitative estimate of drug-likeness (QED) is 0.623. The third kappa shape index (κ3) is 4.84. The first-order chi connectivity index (χ1) is 13.6. The molecule has 0 aliphatic heterocycles. The molecule has 0 radical (unpaired) electrons. The fourth-order valence-corrected chi connectivity index (χ4v) is 4.02. The summed E-state index contributed by atoms with van der Waals surface area (Å²) in [6, 6.07) is 21.2. The lowest BCUT2D eigenvalue weighted by molar-refractivity contribution is -0.142. The van der Waals surface area contributed by atoms with Gasteiger partial charge in [0.2, 0.25) is 0 Å². The zero-order chi connectivity index (χ0) is 19.9. The maximum Gasteiger partial charge on any atom is 0.328 e. The fourth-order valence-electron chi connectivity index (χ4n) is 2.88. The first-order valence-corrected chi connectivity index (χ1v) is 10.2. The minimum atomic E-state index is -1.26. The summed E-state index contributed by atoms with van der Waals surface area (Å²) in [6.07, 6.45) is 0.216. The Morgan fingerprint density at radius 1 is 0.964 bits per heavy atom. The van der Waals surface area contributed by atoms with Crippen LogP contribution < -0.4 is 5.32 Å². The van der Waals surface area contributed by atoms with E-state index in [4.69, 9.17) is 4.74 Å². The van der Waals surface area contributed by atoms with Crippen LogP contribution in [0.15, 0.2) is 77.7 Å². The number of carbonyl (C=O) groups excluding carboxylic acids is 2. The minimum absolute atomic E-state index is 0.216. The van der Waals surface area contributed by atoms with Gasteiger partial charge in [-0.3, -0.25) is 9.00 Å². The standard InChI is InChI=1S/C22H21NO4S/c1-27-22(25)20(13-14-28(26)19-9-3-2-4-10-19)23-21(24)18-12-11-16-7-5-6-8-17(16)15-18/h2-12,15,20H,13-14H2,1H3,(H,23,24)/t20-,28-/m1/s1. The maximum atomic E-state index is 12.6. The minimum Gasteiger partial charge on any atom is -0.467 e. The third-order valence-corrected chi connectivity index (χ3v) is 5.81. The molecule has 28 heavy (non-hydrogen) atoms. The maximum absolute atomic E-state index is 12.6. The van der Waals surface area contributed by atoms with Gasteiger partial charge in [-0.15, -0.1) is 0 Å². The highest BCUT2D eigenvalue weighted by molar-refractivity contribution is 7.85. The summed E-state index contributed by atoms with van der Waals surface area (Å²) in [7, 11) is 0.0100. The molecule has 3 aromatic rings. The Morgan fingerprint density at radius 2 is 1.64 bits per heavy atom. The van der Waals surface area contributed by atoms with Gasteiger partial charge < -0.3 is 10.1 Å². The summed E-state index contributed by atoms with van der Waals surface area (Å²) in [5.74, 6) is -0.687. The molecule has 3 rings (SSSR count). The van der Waals surface area contributed by atoms with Gasteiger partial charge in [0.25, 0.3) is 5.91 Å². The van der Waals surface area contributed by atoms with E-state index >= 15 is 0 Å². The molecular formula is C22H21NO4S. The molecule has 1 N–H and O–H groups in total. The van der Waals surface area contributed by atoms with Gasteiger partial charge in [-0.1, -0.05) is 48.5 Å².